The van der Waals surface area contributed by atoms with Crippen molar-refractivity contribution in [3.63, 3.8) is 0 Å². The van der Waals surface area contributed by atoms with Gasteiger partial charge >= 0.3 is 0 Å². The highest BCUT2D eigenvalue weighted by atomic mass is 35.5. The summed E-state index contributed by atoms with van der Waals surface area (Å²) in [7, 11) is 0. The van der Waals surface area contributed by atoms with E-state index in [1.165, 1.54) is 0 Å². The van der Waals surface area contributed by atoms with Gasteiger partial charge in [-0.3, -0.25) is 9.69 Å². The van der Waals surface area contributed by atoms with Gasteiger partial charge in [0.25, 0.3) is 0 Å². The van der Waals surface area contributed by atoms with Crippen molar-refractivity contribution in [1.82, 2.24) is 10.2 Å². The number of aliphatic hydroxyl groups is 1. The minimum absolute atomic E-state index is 0.0280. The molecule has 2 unspecified atom stereocenters. The SMILES string of the molecule is CC(NC(=O)CN1CCC(C(C)O)CC1)c1ccc(Cl)cc1. The van der Waals surface area contributed by atoms with Crippen LogP contribution in [0.25, 0.3) is 0 Å². The fourth-order valence-corrected chi connectivity index (χ4v) is 3.04. The Kier molecular flexibility index (Phi) is 6.24. The van der Waals surface area contributed by atoms with E-state index in [2.05, 4.69) is 10.2 Å². The zero-order chi connectivity index (χ0) is 16.1. The van der Waals surface area contributed by atoms with Crippen molar-refractivity contribution in [2.24, 2.45) is 5.92 Å². The van der Waals surface area contributed by atoms with Crippen molar-refractivity contribution >= 4 is 17.5 Å². The monoisotopic (exact) mass is 324 g/mol. The largest absolute Gasteiger partial charge is 0.393 e. The van der Waals surface area contributed by atoms with Crippen LogP contribution >= 0.6 is 11.6 Å². The maximum atomic E-state index is 12.1. The Hall–Kier alpha value is -1.10. The van der Waals surface area contributed by atoms with E-state index in [0.717, 1.165) is 31.5 Å². The number of carbonyl (C=O) groups excluding carboxylic acids is 1. The van der Waals surface area contributed by atoms with E-state index in [-0.39, 0.29) is 18.1 Å². The Morgan fingerprint density at radius 1 is 1.32 bits per heavy atom. The smallest absolute Gasteiger partial charge is 0.234 e. The van der Waals surface area contributed by atoms with Gasteiger partial charge in [-0.1, -0.05) is 23.7 Å². The van der Waals surface area contributed by atoms with E-state index in [4.69, 9.17) is 11.6 Å². The highest BCUT2D eigenvalue weighted by Crippen LogP contribution is 2.20. The van der Waals surface area contributed by atoms with Gasteiger partial charge in [0, 0.05) is 5.02 Å². The summed E-state index contributed by atoms with van der Waals surface area (Å²) in [6, 6.07) is 7.50. The Morgan fingerprint density at radius 3 is 2.45 bits per heavy atom. The first kappa shape index (κ1) is 17.3. The minimum atomic E-state index is -0.249. The first-order valence-corrected chi connectivity index (χ1v) is 8.28. The molecule has 1 saturated heterocycles. The molecule has 5 heteroatoms. The fraction of sp³-hybridized carbons (Fsp3) is 0.588. The van der Waals surface area contributed by atoms with Crippen LogP contribution in [0.2, 0.25) is 5.02 Å². The van der Waals surface area contributed by atoms with Crippen molar-refractivity contribution in [2.75, 3.05) is 19.6 Å². The van der Waals surface area contributed by atoms with Gasteiger partial charge in [-0.2, -0.15) is 0 Å². The summed E-state index contributed by atoms with van der Waals surface area (Å²) in [4.78, 5) is 14.3. The van der Waals surface area contributed by atoms with Crippen LogP contribution in [0.1, 0.15) is 38.3 Å². The summed E-state index contributed by atoms with van der Waals surface area (Å²) < 4.78 is 0. The predicted octanol–water partition coefficient (Wildman–Crippen LogP) is 2.61. The molecule has 2 N–H and O–H groups in total. The van der Waals surface area contributed by atoms with E-state index in [1.54, 1.807) is 0 Å². The molecule has 1 amide bonds. The highest BCUT2D eigenvalue weighted by Gasteiger charge is 2.24. The second kappa shape index (κ2) is 7.95. The molecule has 0 aromatic heterocycles. The molecule has 2 atom stereocenters. The summed E-state index contributed by atoms with van der Waals surface area (Å²) in [5.41, 5.74) is 1.05. The number of aliphatic hydroxyl groups excluding tert-OH is 1. The molecular formula is C17H25ClN2O2. The second-order valence-electron chi connectivity index (χ2n) is 6.19. The second-order valence-corrected chi connectivity index (χ2v) is 6.63. The van der Waals surface area contributed by atoms with E-state index in [0.29, 0.717) is 17.5 Å². The van der Waals surface area contributed by atoms with Crippen LogP contribution in [0.3, 0.4) is 0 Å². The highest BCUT2D eigenvalue weighted by molar-refractivity contribution is 6.30. The zero-order valence-electron chi connectivity index (χ0n) is 13.3. The average molecular weight is 325 g/mol. The van der Waals surface area contributed by atoms with Crippen LogP contribution < -0.4 is 5.32 Å². The van der Waals surface area contributed by atoms with E-state index in [1.807, 2.05) is 38.1 Å². The lowest BCUT2D eigenvalue weighted by atomic mass is 9.92. The van der Waals surface area contributed by atoms with Gasteiger partial charge in [-0.25, -0.2) is 0 Å². The molecule has 4 nitrogen and oxygen atoms in total. The van der Waals surface area contributed by atoms with Gasteiger partial charge in [0.1, 0.15) is 0 Å². The molecule has 0 saturated carbocycles. The number of benzene rings is 1. The molecule has 0 aliphatic carbocycles. The van der Waals surface area contributed by atoms with Gasteiger partial charge in [0.2, 0.25) is 5.91 Å². The van der Waals surface area contributed by atoms with Gasteiger partial charge in [0.05, 0.1) is 18.7 Å². The van der Waals surface area contributed by atoms with Crippen LogP contribution in [0.15, 0.2) is 24.3 Å². The lowest BCUT2D eigenvalue weighted by Crippen LogP contribution is -2.43. The standard InChI is InChI=1S/C17H25ClN2O2/c1-12(14-3-5-16(18)6-4-14)19-17(22)11-20-9-7-15(8-10-20)13(2)21/h3-6,12-13,15,21H,7-11H2,1-2H3,(H,19,22). The fourth-order valence-electron chi connectivity index (χ4n) is 2.92. The van der Waals surface area contributed by atoms with Gasteiger partial charge < -0.3 is 10.4 Å². The molecule has 1 aromatic carbocycles. The number of amides is 1. The normalized spacial score (nSPS) is 19.6. The minimum Gasteiger partial charge on any atom is -0.393 e. The van der Waals surface area contributed by atoms with Gasteiger partial charge in [0.15, 0.2) is 0 Å². The van der Waals surface area contributed by atoms with Crippen molar-refractivity contribution in [2.45, 2.75) is 38.8 Å². The van der Waals surface area contributed by atoms with E-state index < -0.39 is 0 Å². The first-order chi connectivity index (χ1) is 10.5. The van der Waals surface area contributed by atoms with Crippen molar-refractivity contribution in [3.05, 3.63) is 34.9 Å². The Morgan fingerprint density at radius 2 is 1.91 bits per heavy atom. The molecule has 1 aromatic rings. The van der Waals surface area contributed by atoms with Crippen molar-refractivity contribution in [3.8, 4) is 0 Å². The summed E-state index contributed by atoms with van der Waals surface area (Å²) in [5.74, 6) is 0.408. The molecule has 1 aliphatic heterocycles. The van der Waals surface area contributed by atoms with Crippen LogP contribution in [0.4, 0.5) is 0 Å². The van der Waals surface area contributed by atoms with Crippen molar-refractivity contribution < 1.29 is 9.90 Å². The summed E-state index contributed by atoms with van der Waals surface area (Å²) in [6.07, 6.45) is 1.66. The average Bonchev–Trinajstić information content (AvgIpc) is 2.48. The molecule has 22 heavy (non-hydrogen) atoms. The molecule has 0 bridgehead atoms. The first-order valence-electron chi connectivity index (χ1n) is 7.91. The number of rotatable bonds is 5. The topological polar surface area (TPSA) is 52.6 Å². The third kappa shape index (κ3) is 4.97. The lowest BCUT2D eigenvalue weighted by Gasteiger charge is -2.33. The molecule has 2 rings (SSSR count). The molecule has 1 fully saturated rings. The number of nitrogens with one attached hydrogen (secondary N) is 1. The maximum Gasteiger partial charge on any atom is 0.234 e. The van der Waals surface area contributed by atoms with Crippen molar-refractivity contribution in [1.29, 1.82) is 0 Å². The molecule has 0 spiro atoms. The molecule has 122 valence electrons. The third-order valence-electron chi connectivity index (χ3n) is 4.43. The van der Waals surface area contributed by atoms with Crippen LogP contribution in [-0.2, 0) is 4.79 Å². The Bertz CT molecular complexity index is 482. The lowest BCUT2D eigenvalue weighted by molar-refractivity contribution is -0.123. The quantitative estimate of drug-likeness (QED) is 0.875. The van der Waals surface area contributed by atoms with Gasteiger partial charge in [-0.15, -0.1) is 0 Å². The Balaban J connectivity index is 1.77. The molecule has 1 aliphatic rings. The summed E-state index contributed by atoms with van der Waals surface area (Å²) >= 11 is 5.87. The molecule has 0 radical (unpaired) electrons. The summed E-state index contributed by atoms with van der Waals surface area (Å²) in [6.45, 7) is 5.99. The van der Waals surface area contributed by atoms with E-state index >= 15 is 0 Å². The predicted molar refractivity (Wildman–Crippen MR) is 88.9 cm³/mol. The number of piperidine rings is 1. The number of likely N-dealkylation sites (tertiary alicyclic amines) is 1. The molecule has 1 heterocycles. The Labute approximate surface area is 137 Å². The number of carbonyl (C=O) groups is 1. The maximum absolute atomic E-state index is 12.1. The number of nitrogens with zero attached hydrogens (tertiary/aromatic N) is 1. The summed E-state index contributed by atoms with van der Waals surface area (Å²) in [5, 5.41) is 13.3. The van der Waals surface area contributed by atoms with Crippen LogP contribution in [0.5, 0.6) is 0 Å². The number of halogens is 1. The van der Waals surface area contributed by atoms with Crippen LogP contribution in [0, 0.1) is 5.92 Å². The zero-order valence-corrected chi connectivity index (χ0v) is 14.0. The number of hydrogen-bond acceptors (Lipinski definition) is 3. The molecular weight excluding hydrogens is 300 g/mol. The third-order valence-corrected chi connectivity index (χ3v) is 4.68. The number of hydrogen-bond donors (Lipinski definition) is 2. The van der Waals surface area contributed by atoms with E-state index in [9.17, 15) is 9.90 Å². The van der Waals surface area contributed by atoms with Crippen LogP contribution in [-0.4, -0.2) is 41.7 Å². The van der Waals surface area contributed by atoms with Gasteiger partial charge in [-0.05, 0) is 63.4 Å².